The second-order valence-electron chi connectivity index (χ2n) is 26.7. The number of esters is 4. The van der Waals surface area contributed by atoms with Crippen LogP contribution in [0.25, 0.3) is 0 Å². The predicted molar refractivity (Wildman–Crippen MR) is 358 cm³/mol. The van der Waals surface area contributed by atoms with Crippen LogP contribution in [0, 0.1) is 23.7 Å². The third-order valence-corrected chi connectivity index (χ3v) is 18.7. The summed E-state index contributed by atoms with van der Waals surface area (Å²) >= 11 is 0. The summed E-state index contributed by atoms with van der Waals surface area (Å²) in [5.41, 5.74) is 0. The molecule has 17 nitrogen and oxygen atoms in total. The summed E-state index contributed by atoms with van der Waals surface area (Å²) in [6.07, 6.45) is 41.6. The second kappa shape index (κ2) is 59.8. The largest absolute Gasteiger partial charge is 0.472 e. The second-order valence-corrected chi connectivity index (χ2v) is 29.6. The number of aliphatic hydroxyl groups excluding tert-OH is 1. The number of rotatable bonds is 67. The van der Waals surface area contributed by atoms with Crippen LogP contribution in [0.1, 0.15) is 344 Å². The Hall–Kier alpha value is -1.94. The van der Waals surface area contributed by atoms with Gasteiger partial charge in [0.1, 0.15) is 19.3 Å². The summed E-state index contributed by atoms with van der Waals surface area (Å²) in [5, 5.41) is 10.6. The maximum Gasteiger partial charge on any atom is 0.472 e. The van der Waals surface area contributed by atoms with E-state index in [2.05, 4.69) is 55.4 Å². The van der Waals surface area contributed by atoms with Gasteiger partial charge in [-0.3, -0.25) is 37.3 Å². The quantitative estimate of drug-likeness (QED) is 0.0222. The standard InChI is InChI=1S/C70H136O17P2/c1-9-62(7)48-40-32-24-20-21-27-37-45-53-70(75)87-66(57-81-68(73)51-43-35-29-28-33-41-49-63(8)10-2)59-85-89(78,79)83-55-64(71)54-82-88(76,77)84-58-65(56-80-67(72)50-42-34-25-18-15-14-17-23-31-39-47-61(5)6)86-69(74)52-44-36-26-19-13-11-12-16-22-30-38-46-60(3)4/h60-66,71H,9-59H2,1-8H3,(H,76,77)(H,78,79)/t62?,63?,64-,65-,66-/m1/s1. The lowest BCUT2D eigenvalue weighted by atomic mass is 9.99. The van der Waals surface area contributed by atoms with Crippen LogP contribution in [0.3, 0.4) is 0 Å². The Balaban J connectivity index is 5.27. The van der Waals surface area contributed by atoms with E-state index < -0.39 is 97.5 Å². The van der Waals surface area contributed by atoms with E-state index in [1.807, 2.05) is 0 Å². The molecule has 0 aromatic carbocycles. The van der Waals surface area contributed by atoms with Crippen LogP contribution in [0.5, 0.6) is 0 Å². The molecule has 0 aromatic rings. The van der Waals surface area contributed by atoms with Crippen molar-refractivity contribution in [2.75, 3.05) is 39.6 Å². The average molecular weight is 1310 g/mol. The van der Waals surface area contributed by atoms with Crippen molar-refractivity contribution in [3.05, 3.63) is 0 Å². The molecule has 0 heterocycles. The van der Waals surface area contributed by atoms with Gasteiger partial charge in [-0.25, -0.2) is 9.13 Å². The molecule has 0 amide bonds. The van der Waals surface area contributed by atoms with E-state index in [0.29, 0.717) is 25.7 Å². The molecule has 0 saturated heterocycles. The molecule has 0 fully saturated rings. The van der Waals surface area contributed by atoms with Crippen molar-refractivity contribution >= 4 is 39.5 Å². The Morgan fingerprint density at radius 3 is 0.798 bits per heavy atom. The fourth-order valence-corrected chi connectivity index (χ4v) is 12.0. The maximum atomic E-state index is 13.0. The zero-order chi connectivity index (χ0) is 66.1. The summed E-state index contributed by atoms with van der Waals surface area (Å²) in [6.45, 7) is 14.1. The third-order valence-electron chi connectivity index (χ3n) is 16.8. The fourth-order valence-electron chi connectivity index (χ4n) is 10.4. The van der Waals surface area contributed by atoms with Crippen molar-refractivity contribution in [3.63, 3.8) is 0 Å². The van der Waals surface area contributed by atoms with Gasteiger partial charge in [0.05, 0.1) is 26.4 Å². The van der Waals surface area contributed by atoms with Crippen molar-refractivity contribution in [1.29, 1.82) is 0 Å². The van der Waals surface area contributed by atoms with Gasteiger partial charge in [-0.2, -0.15) is 0 Å². The van der Waals surface area contributed by atoms with Crippen molar-refractivity contribution in [2.45, 2.75) is 363 Å². The van der Waals surface area contributed by atoms with Crippen molar-refractivity contribution in [2.24, 2.45) is 23.7 Å². The molecule has 19 heteroatoms. The molecule has 4 unspecified atom stereocenters. The Morgan fingerprint density at radius 2 is 0.539 bits per heavy atom. The highest BCUT2D eigenvalue weighted by Gasteiger charge is 2.30. The van der Waals surface area contributed by atoms with E-state index in [1.54, 1.807) is 0 Å². The zero-order valence-electron chi connectivity index (χ0n) is 58.1. The number of carbonyl (C=O) groups excluding carboxylic acids is 4. The third kappa shape index (κ3) is 62.0. The summed E-state index contributed by atoms with van der Waals surface area (Å²) in [5.74, 6) is 0.893. The predicted octanol–water partition coefficient (Wildman–Crippen LogP) is 19.7. The van der Waals surface area contributed by atoms with Gasteiger partial charge in [-0.05, 0) is 49.4 Å². The fraction of sp³-hybridized carbons (Fsp3) is 0.943. The van der Waals surface area contributed by atoms with Gasteiger partial charge < -0.3 is 33.8 Å². The van der Waals surface area contributed by atoms with Gasteiger partial charge in [0, 0.05) is 25.7 Å². The number of phosphoric ester groups is 2. The monoisotopic (exact) mass is 1310 g/mol. The highest BCUT2D eigenvalue weighted by Crippen LogP contribution is 2.45. The molecule has 0 bridgehead atoms. The van der Waals surface area contributed by atoms with Crippen LogP contribution in [-0.4, -0.2) is 96.7 Å². The van der Waals surface area contributed by atoms with Crippen LogP contribution in [-0.2, 0) is 65.4 Å². The molecule has 0 spiro atoms. The molecule has 7 atom stereocenters. The van der Waals surface area contributed by atoms with E-state index in [9.17, 15) is 43.2 Å². The molecule has 0 aromatic heterocycles. The Kier molecular flexibility index (Phi) is 58.5. The van der Waals surface area contributed by atoms with Crippen LogP contribution in [0.4, 0.5) is 0 Å². The number of aliphatic hydroxyl groups is 1. The SMILES string of the molecule is CCC(C)CCCCCCCCCCC(=O)O[C@H](COC(=O)CCCCCCCCC(C)CC)COP(=O)(O)OC[C@H](O)COP(=O)(O)OC[C@@H](COC(=O)CCCCCCCCCCCCC(C)C)OC(=O)CCCCCCCCCCCCCC(C)C. The first kappa shape index (κ1) is 87.1. The Labute approximate surface area is 543 Å². The zero-order valence-corrected chi connectivity index (χ0v) is 59.8. The molecule has 0 rings (SSSR count). The van der Waals surface area contributed by atoms with E-state index in [0.717, 1.165) is 120 Å². The van der Waals surface area contributed by atoms with Crippen LogP contribution in [0.15, 0.2) is 0 Å². The topological polar surface area (TPSA) is 237 Å². The number of phosphoric acid groups is 2. The first-order valence-electron chi connectivity index (χ1n) is 36.3. The summed E-state index contributed by atoms with van der Waals surface area (Å²) < 4.78 is 68.3. The molecule has 0 saturated carbocycles. The average Bonchev–Trinajstić information content (AvgIpc) is 3.70. The van der Waals surface area contributed by atoms with E-state index >= 15 is 0 Å². The van der Waals surface area contributed by atoms with E-state index in [1.165, 1.54) is 141 Å². The summed E-state index contributed by atoms with van der Waals surface area (Å²) in [6, 6.07) is 0. The van der Waals surface area contributed by atoms with Crippen molar-refractivity contribution in [1.82, 2.24) is 0 Å². The van der Waals surface area contributed by atoms with Gasteiger partial charge in [0.25, 0.3) is 0 Å². The summed E-state index contributed by atoms with van der Waals surface area (Å²) in [7, 11) is -9.90. The molecule has 0 aliphatic carbocycles. The van der Waals surface area contributed by atoms with E-state index in [4.69, 9.17) is 37.0 Å². The molecular formula is C70H136O17P2. The molecule has 528 valence electrons. The molecule has 0 radical (unpaired) electrons. The minimum Gasteiger partial charge on any atom is -0.462 e. The maximum absolute atomic E-state index is 13.0. The number of carbonyl (C=O) groups is 4. The van der Waals surface area contributed by atoms with Gasteiger partial charge in [-0.15, -0.1) is 0 Å². The summed E-state index contributed by atoms with van der Waals surface area (Å²) in [4.78, 5) is 72.6. The van der Waals surface area contributed by atoms with Gasteiger partial charge in [0.2, 0.25) is 0 Å². The smallest absolute Gasteiger partial charge is 0.462 e. The number of hydrogen-bond acceptors (Lipinski definition) is 15. The van der Waals surface area contributed by atoms with Crippen LogP contribution >= 0.6 is 15.6 Å². The Morgan fingerprint density at radius 1 is 0.315 bits per heavy atom. The lowest BCUT2D eigenvalue weighted by Gasteiger charge is -2.21. The van der Waals surface area contributed by atoms with Gasteiger partial charge in [-0.1, -0.05) is 293 Å². The highest BCUT2D eigenvalue weighted by molar-refractivity contribution is 7.47. The minimum atomic E-state index is -4.95. The van der Waals surface area contributed by atoms with E-state index in [-0.39, 0.29) is 25.7 Å². The highest BCUT2D eigenvalue weighted by atomic mass is 31.2. The normalized spacial score (nSPS) is 14.9. The molecule has 89 heavy (non-hydrogen) atoms. The van der Waals surface area contributed by atoms with Crippen molar-refractivity contribution in [3.8, 4) is 0 Å². The molecule has 3 N–H and O–H groups in total. The lowest BCUT2D eigenvalue weighted by Crippen LogP contribution is -2.30. The van der Waals surface area contributed by atoms with Crippen molar-refractivity contribution < 1.29 is 80.2 Å². The number of ether oxygens (including phenoxy) is 4. The van der Waals surface area contributed by atoms with Crippen LogP contribution in [0.2, 0.25) is 0 Å². The first-order valence-corrected chi connectivity index (χ1v) is 39.3. The van der Waals surface area contributed by atoms with Crippen LogP contribution < -0.4 is 0 Å². The minimum absolute atomic E-state index is 0.104. The first-order chi connectivity index (χ1) is 42.7. The molecule has 0 aliphatic heterocycles. The molecule has 0 aliphatic rings. The number of unbranched alkanes of at least 4 members (excludes halogenated alkanes) is 31. The molecular weight excluding hydrogens is 1170 g/mol. The number of hydrogen-bond donors (Lipinski definition) is 3. The van der Waals surface area contributed by atoms with Gasteiger partial charge >= 0.3 is 39.5 Å². The van der Waals surface area contributed by atoms with Gasteiger partial charge in [0.15, 0.2) is 12.2 Å². The lowest BCUT2D eigenvalue weighted by molar-refractivity contribution is -0.161. The Bertz CT molecular complexity index is 1770.